The Morgan fingerprint density at radius 2 is 2.31 bits per heavy atom. The van der Waals surface area contributed by atoms with Crippen molar-refractivity contribution in [3.05, 3.63) is 53.6 Å². The van der Waals surface area contributed by atoms with Gasteiger partial charge in [0.15, 0.2) is 0 Å². The van der Waals surface area contributed by atoms with Crippen molar-refractivity contribution in [2.75, 3.05) is 0 Å². The molecular formula is C11H10FN3O. The van der Waals surface area contributed by atoms with Crippen molar-refractivity contribution in [2.45, 2.75) is 6.54 Å². The minimum atomic E-state index is -0.523. The molecule has 0 aliphatic carbocycles. The Labute approximate surface area is 91.5 Å². The number of nitrogens with zero attached hydrogens (tertiary/aromatic N) is 2. The molecule has 0 unspecified atom stereocenters. The fraction of sp³-hybridized carbons (Fsp3) is 0.0909. The number of carbonyl (C=O) groups excluding carboxylic acids is 1. The molecule has 0 aliphatic heterocycles. The topological polar surface area (TPSA) is 60.9 Å². The van der Waals surface area contributed by atoms with E-state index in [4.69, 9.17) is 5.73 Å². The highest BCUT2D eigenvalue weighted by atomic mass is 19.1. The van der Waals surface area contributed by atoms with Crippen LogP contribution in [0.3, 0.4) is 0 Å². The van der Waals surface area contributed by atoms with E-state index in [1.54, 1.807) is 12.1 Å². The van der Waals surface area contributed by atoms with E-state index in [1.165, 1.54) is 29.2 Å². The van der Waals surface area contributed by atoms with Crippen LogP contribution in [0.5, 0.6) is 0 Å². The number of carbonyl (C=O) groups is 1. The van der Waals surface area contributed by atoms with Crippen LogP contribution in [0.1, 0.15) is 15.9 Å². The van der Waals surface area contributed by atoms with Crippen LogP contribution in [-0.2, 0) is 6.54 Å². The molecule has 0 saturated heterocycles. The number of aromatic nitrogens is 2. The van der Waals surface area contributed by atoms with Gasteiger partial charge >= 0.3 is 0 Å². The molecule has 0 saturated carbocycles. The second kappa shape index (κ2) is 4.14. The molecule has 0 atom stereocenters. The Kier molecular flexibility index (Phi) is 2.68. The molecule has 82 valence electrons. The Morgan fingerprint density at radius 3 is 2.94 bits per heavy atom. The van der Waals surface area contributed by atoms with E-state index < -0.39 is 5.91 Å². The zero-order valence-electron chi connectivity index (χ0n) is 8.43. The number of hydrogen-bond acceptors (Lipinski definition) is 2. The summed E-state index contributed by atoms with van der Waals surface area (Å²) in [4.78, 5) is 10.8. The first-order valence-corrected chi connectivity index (χ1v) is 4.72. The summed E-state index contributed by atoms with van der Waals surface area (Å²) in [7, 11) is 0. The van der Waals surface area contributed by atoms with Crippen LogP contribution in [0.2, 0.25) is 0 Å². The minimum Gasteiger partial charge on any atom is -0.366 e. The van der Waals surface area contributed by atoms with Crippen LogP contribution in [0.4, 0.5) is 4.39 Å². The molecule has 1 heterocycles. The van der Waals surface area contributed by atoms with Gasteiger partial charge in [0.1, 0.15) is 5.82 Å². The number of benzene rings is 1. The largest absolute Gasteiger partial charge is 0.366 e. The number of rotatable bonds is 3. The molecule has 1 amide bonds. The summed E-state index contributed by atoms with van der Waals surface area (Å²) in [6.45, 7) is 0.408. The molecule has 1 aromatic heterocycles. The molecule has 0 spiro atoms. The number of primary amides is 1. The van der Waals surface area contributed by atoms with Gasteiger partial charge in [0.05, 0.1) is 18.3 Å². The van der Waals surface area contributed by atoms with Crippen molar-refractivity contribution >= 4 is 5.91 Å². The summed E-state index contributed by atoms with van der Waals surface area (Å²) in [6, 6.07) is 6.21. The molecule has 4 nitrogen and oxygen atoms in total. The fourth-order valence-electron chi connectivity index (χ4n) is 1.40. The third-order valence-electron chi connectivity index (χ3n) is 2.15. The van der Waals surface area contributed by atoms with Crippen molar-refractivity contribution in [1.29, 1.82) is 0 Å². The predicted octanol–water partition coefficient (Wildman–Crippen LogP) is 1.17. The van der Waals surface area contributed by atoms with Crippen LogP contribution in [0.15, 0.2) is 36.7 Å². The summed E-state index contributed by atoms with van der Waals surface area (Å²) in [5.41, 5.74) is 6.21. The van der Waals surface area contributed by atoms with Crippen LogP contribution in [0.25, 0.3) is 0 Å². The lowest BCUT2D eigenvalue weighted by molar-refractivity contribution is 0.1000. The lowest BCUT2D eigenvalue weighted by Gasteiger charge is -2.01. The van der Waals surface area contributed by atoms with Crippen LogP contribution >= 0.6 is 0 Å². The Morgan fingerprint density at radius 1 is 1.50 bits per heavy atom. The van der Waals surface area contributed by atoms with E-state index in [0.717, 1.165) is 5.56 Å². The number of nitrogens with two attached hydrogens (primary N) is 1. The van der Waals surface area contributed by atoms with Crippen molar-refractivity contribution in [1.82, 2.24) is 9.78 Å². The summed E-state index contributed by atoms with van der Waals surface area (Å²) >= 11 is 0. The number of hydrogen-bond donors (Lipinski definition) is 1. The monoisotopic (exact) mass is 219 g/mol. The van der Waals surface area contributed by atoms with E-state index in [2.05, 4.69) is 5.10 Å². The highest BCUT2D eigenvalue weighted by Crippen LogP contribution is 2.06. The molecule has 5 heteroatoms. The molecule has 0 aliphatic rings. The first kappa shape index (κ1) is 10.4. The third kappa shape index (κ3) is 2.25. The lowest BCUT2D eigenvalue weighted by atomic mass is 10.2. The van der Waals surface area contributed by atoms with Gasteiger partial charge in [-0.3, -0.25) is 9.48 Å². The van der Waals surface area contributed by atoms with Gasteiger partial charge in [-0.2, -0.15) is 5.10 Å². The zero-order valence-corrected chi connectivity index (χ0v) is 8.43. The molecule has 0 radical (unpaired) electrons. The highest BCUT2D eigenvalue weighted by Gasteiger charge is 2.04. The maximum absolute atomic E-state index is 12.9. The van der Waals surface area contributed by atoms with Crippen molar-refractivity contribution < 1.29 is 9.18 Å². The van der Waals surface area contributed by atoms with E-state index in [-0.39, 0.29) is 5.82 Å². The van der Waals surface area contributed by atoms with E-state index >= 15 is 0 Å². The maximum atomic E-state index is 12.9. The number of halogens is 1. The van der Waals surface area contributed by atoms with Gasteiger partial charge in [-0.05, 0) is 17.7 Å². The van der Waals surface area contributed by atoms with Gasteiger partial charge in [0, 0.05) is 6.20 Å². The quantitative estimate of drug-likeness (QED) is 0.842. The Hall–Kier alpha value is -2.17. The molecule has 0 bridgehead atoms. The Bertz CT molecular complexity index is 521. The minimum absolute atomic E-state index is 0.292. The average molecular weight is 219 g/mol. The molecule has 2 aromatic rings. The highest BCUT2D eigenvalue weighted by molar-refractivity contribution is 5.92. The summed E-state index contributed by atoms with van der Waals surface area (Å²) < 4.78 is 14.4. The summed E-state index contributed by atoms with van der Waals surface area (Å²) in [5, 5.41) is 3.96. The second-order valence-corrected chi connectivity index (χ2v) is 3.42. The first-order valence-electron chi connectivity index (χ1n) is 4.72. The van der Waals surface area contributed by atoms with Gasteiger partial charge in [-0.25, -0.2) is 4.39 Å². The second-order valence-electron chi connectivity index (χ2n) is 3.42. The zero-order chi connectivity index (χ0) is 11.5. The van der Waals surface area contributed by atoms with Crippen LogP contribution in [-0.4, -0.2) is 15.7 Å². The molecule has 1 aromatic carbocycles. The van der Waals surface area contributed by atoms with E-state index in [1.807, 2.05) is 0 Å². The summed E-state index contributed by atoms with van der Waals surface area (Å²) in [5.74, 6) is -0.815. The number of amides is 1. The first-order chi connectivity index (χ1) is 7.65. The normalized spacial score (nSPS) is 10.3. The van der Waals surface area contributed by atoms with Gasteiger partial charge < -0.3 is 5.73 Å². The molecular weight excluding hydrogens is 209 g/mol. The SMILES string of the molecule is NC(=O)c1cnn(Cc2cccc(F)c2)c1. The summed E-state index contributed by atoms with van der Waals surface area (Å²) in [6.07, 6.45) is 2.93. The average Bonchev–Trinajstić information content (AvgIpc) is 2.66. The van der Waals surface area contributed by atoms with E-state index in [9.17, 15) is 9.18 Å². The standard InChI is InChI=1S/C11H10FN3O/c12-10-3-1-2-8(4-10)6-15-7-9(5-14-15)11(13)16/h1-5,7H,6H2,(H2,13,16). The smallest absolute Gasteiger partial charge is 0.251 e. The Balaban J connectivity index is 2.17. The lowest BCUT2D eigenvalue weighted by Crippen LogP contribution is -2.09. The maximum Gasteiger partial charge on any atom is 0.251 e. The van der Waals surface area contributed by atoms with Crippen molar-refractivity contribution in [3.63, 3.8) is 0 Å². The van der Waals surface area contributed by atoms with Crippen molar-refractivity contribution in [3.8, 4) is 0 Å². The molecule has 2 N–H and O–H groups in total. The van der Waals surface area contributed by atoms with Gasteiger partial charge in [0.25, 0.3) is 5.91 Å². The fourth-order valence-corrected chi connectivity index (χ4v) is 1.40. The van der Waals surface area contributed by atoms with E-state index in [0.29, 0.717) is 12.1 Å². The molecule has 0 fully saturated rings. The molecule has 2 rings (SSSR count). The molecule has 16 heavy (non-hydrogen) atoms. The van der Waals surface area contributed by atoms with Crippen LogP contribution < -0.4 is 5.73 Å². The van der Waals surface area contributed by atoms with Crippen LogP contribution in [0, 0.1) is 5.82 Å². The predicted molar refractivity (Wildman–Crippen MR) is 56.2 cm³/mol. The third-order valence-corrected chi connectivity index (χ3v) is 2.15. The van der Waals surface area contributed by atoms with Crippen molar-refractivity contribution in [2.24, 2.45) is 5.73 Å². The van der Waals surface area contributed by atoms with Gasteiger partial charge in [0.2, 0.25) is 0 Å². The van der Waals surface area contributed by atoms with Gasteiger partial charge in [-0.15, -0.1) is 0 Å². The van der Waals surface area contributed by atoms with Gasteiger partial charge in [-0.1, -0.05) is 12.1 Å².